The number of imide groups is 1. The fraction of sp³-hybridized carbons (Fsp3) is 0.217. The predicted octanol–water partition coefficient (Wildman–Crippen LogP) is 3.30. The highest BCUT2D eigenvalue weighted by Crippen LogP contribution is 2.26. The first-order valence-electron chi connectivity index (χ1n) is 10.2. The van der Waals surface area contributed by atoms with E-state index < -0.39 is 17.6 Å². The highest BCUT2D eigenvalue weighted by Gasteiger charge is 2.45. The Morgan fingerprint density at radius 2 is 1.84 bits per heavy atom. The topological polar surface area (TPSA) is 115 Å². The van der Waals surface area contributed by atoms with Crippen molar-refractivity contribution in [3.05, 3.63) is 60.7 Å². The highest BCUT2D eigenvalue weighted by atomic mass is 16.2. The van der Waals surface area contributed by atoms with Crippen molar-refractivity contribution < 1.29 is 14.4 Å². The van der Waals surface area contributed by atoms with Crippen molar-refractivity contribution in [3.63, 3.8) is 0 Å². The van der Waals surface area contributed by atoms with E-state index in [0.29, 0.717) is 24.5 Å². The minimum atomic E-state index is -0.967. The summed E-state index contributed by atoms with van der Waals surface area (Å²) >= 11 is 0. The quantitative estimate of drug-likeness (QED) is 0.352. The molecule has 1 fully saturated rings. The van der Waals surface area contributed by atoms with Crippen LogP contribution in [0.25, 0.3) is 10.9 Å². The first kappa shape index (κ1) is 21.1. The van der Waals surface area contributed by atoms with Gasteiger partial charge in [-0.15, -0.1) is 0 Å². The van der Waals surface area contributed by atoms with E-state index in [-0.39, 0.29) is 5.91 Å². The summed E-state index contributed by atoms with van der Waals surface area (Å²) in [6.07, 6.45) is 0. The Morgan fingerprint density at radius 1 is 1.03 bits per heavy atom. The average Bonchev–Trinajstić information content (AvgIpc) is 2.97. The van der Waals surface area contributed by atoms with Crippen LogP contribution in [0.2, 0.25) is 0 Å². The fourth-order valence-electron chi connectivity index (χ4n) is 3.41. The maximum atomic E-state index is 12.5. The van der Waals surface area contributed by atoms with Gasteiger partial charge in [0.2, 0.25) is 0 Å². The third-order valence-electron chi connectivity index (χ3n) is 5.04. The van der Waals surface area contributed by atoms with Crippen molar-refractivity contribution in [1.29, 1.82) is 0 Å². The SMILES string of the molecule is CC1(C)NC(=O)N(c2cccc(NC(=O)NCCNc3ccc4ccccc4n3)c2)C1=O. The van der Waals surface area contributed by atoms with Crippen LogP contribution in [0.5, 0.6) is 0 Å². The molecule has 0 saturated carbocycles. The molecular weight excluding hydrogens is 408 g/mol. The summed E-state index contributed by atoms with van der Waals surface area (Å²) in [5.74, 6) is 0.382. The van der Waals surface area contributed by atoms with Crippen LogP contribution in [0.4, 0.5) is 26.8 Å². The molecule has 164 valence electrons. The summed E-state index contributed by atoms with van der Waals surface area (Å²) in [6.45, 7) is 4.16. The zero-order valence-corrected chi connectivity index (χ0v) is 17.8. The Labute approximate surface area is 185 Å². The number of hydrogen-bond donors (Lipinski definition) is 4. The molecule has 2 aromatic carbocycles. The Morgan fingerprint density at radius 3 is 2.62 bits per heavy atom. The zero-order valence-electron chi connectivity index (χ0n) is 17.8. The lowest BCUT2D eigenvalue weighted by Gasteiger charge is -2.17. The number of pyridine rings is 1. The van der Waals surface area contributed by atoms with Gasteiger partial charge in [-0.05, 0) is 50.2 Å². The van der Waals surface area contributed by atoms with E-state index in [1.807, 2.05) is 36.4 Å². The van der Waals surface area contributed by atoms with Crippen LogP contribution < -0.4 is 26.2 Å². The molecule has 4 rings (SSSR count). The molecule has 5 amide bonds. The molecule has 9 heteroatoms. The maximum Gasteiger partial charge on any atom is 0.329 e. The molecule has 4 N–H and O–H groups in total. The standard InChI is InChI=1S/C23H24N6O3/c1-23(2)20(30)29(22(32)28-23)17-8-5-7-16(14-17)26-21(31)25-13-12-24-19-11-10-15-6-3-4-9-18(15)27-19/h3-11,14H,12-13H2,1-2H3,(H,24,27)(H,28,32)(H2,25,26,31). The van der Waals surface area contributed by atoms with Crippen LogP contribution >= 0.6 is 0 Å². The zero-order chi connectivity index (χ0) is 22.7. The first-order chi connectivity index (χ1) is 15.3. The molecule has 1 aliphatic heterocycles. The fourth-order valence-corrected chi connectivity index (χ4v) is 3.41. The summed E-state index contributed by atoms with van der Waals surface area (Å²) in [6, 6.07) is 17.4. The number of hydrogen-bond acceptors (Lipinski definition) is 5. The third-order valence-corrected chi connectivity index (χ3v) is 5.04. The van der Waals surface area contributed by atoms with Gasteiger partial charge < -0.3 is 21.3 Å². The van der Waals surface area contributed by atoms with E-state index in [4.69, 9.17) is 0 Å². The van der Waals surface area contributed by atoms with Crippen LogP contribution in [0.1, 0.15) is 13.8 Å². The molecule has 3 aromatic rings. The number of anilines is 3. The van der Waals surface area contributed by atoms with Gasteiger partial charge in [0.15, 0.2) is 0 Å². The summed E-state index contributed by atoms with van der Waals surface area (Å²) in [7, 11) is 0. The van der Waals surface area contributed by atoms with E-state index in [1.165, 1.54) is 0 Å². The summed E-state index contributed by atoms with van der Waals surface area (Å²) in [5.41, 5.74) is 0.788. The number of nitrogens with zero attached hydrogens (tertiary/aromatic N) is 2. The molecule has 2 heterocycles. The average molecular weight is 432 g/mol. The molecular formula is C23H24N6O3. The number of benzene rings is 2. The number of carbonyl (C=O) groups excluding carboxylic acids is 3. The second kappa shape index (κ2) is 8.54. The van der Waals surface area contributed by atoms with Crippen molar-refractivity contribution in [2.24, 2.45) is 0 Å². The van der Waals surface area contributed by atoms with E-state index in [2.05, 4.69) is 26.3 Å². The molecule has 1 aromatic heterocycles. The van der Waals surface area contributed by atoms with Gasteiger partial charge in [-0.25, -0.2) is 19.5 Å². The van der Waals surface area contributed by atoms with E-state index in [1.54, 1.807) is 38.1 Å². The van der Waals surface area contributed by atoms with Gasteiger partial charge >= 0.3 is 12.1 Å². The number of nitrogens with one attached hydrogen (secondary N) is 4. The first-order valence-corrected chi connectivity index (χ1v) is 10.2. The number of carbonyl (C=O) groups is 3. The molecule has 0 unspecified atom stereocenters. The predicted molar refractivity (Wildman–Crippen MR) is 124 cm³/mol. The second-order valence-corrected chi connectivity index (χ2v) is 7.94. The van der Waals surface area contributed by atoms with Crippen LogP contribution in [0, 0.1) is 0 Å². The minimum Gasteiger partial charge on any atom is -0.368 e. The van der Waals surface area contributed by atoms with Gasteiger partial charge in [0.25, 0.3) is 5.91 Å². The van der Waals surface area contributed by atoms with Gasteiger partial charge in [0, 0.05) is 24.2 Å². The molecule has 0 bridgehead atoms. The van der Waals surface area contributed by atoms with E-state index >= 15 is 0 Å². The number of rotatable bonds is 6. The smallest absolute Gasteiger partial charge is 0.329 e. The van der Waals surface area contributed by atoms with Gasteiger partial charge in [-0.1, -0.05) is 24.3 Å². The Hall–Kier alpha value is -4.14. The second-order valence-electron chi connectivity index (χ2n) is 7.94. The van der Waals surface area contributed by atoms with Gasteiger partial charge in [-0.3, -0.25) is 4.79 Å². The molecule has 9 nitrogen and oxygen atoms in total. The van der Waals surface area contributed by atoms with E-state index in [0.717, 1.165) is 21.6 Å². The molecule has 1 saturated heterocycles. The lowest BCUT2D eigenvalue weighted by molar-refractivity contribution is -0.121. The molecule has 1 aliphatic rings. The van der Waals surface area contributed by atoms with Gasteiger partial charge in [-0.2, -0.15) is 0 Å². The molecule has 0 spiro atoms. The molecule has 0 aliphatic carbocycles. The molecule has 0 atom stereocenters. The van der Waals surface area contributed by atoms with Gasteiger partial charge in [0.1, 0.15) is 11.4 Å². The van der Waals surface area contributed by atoms with E-state index in [9.17, 15) is 14.4 Å². The van der Waals surface area contributed by atoms with Gasteiger partial charge in [0.05, 0.1) is 11.2 Å². The maximum absolute atomic E-state index is 12.5. The minimum absolute atomic E-state index is 0.350. The third kappa shape index (κ3) is 4.46. The lowest BCUT2D eigenvalue weighted by atomic mass is 10.1. The van der Waals surface area contributed by atoms with Crippen molar-refractivity contribution in [2.45, 2.75) is 19.4 Å². The summed E-state index contributed by atoms with van der Waals surface area (Å²) in [5, 5.41) is 12.4. The molecule has 0 radical (unpaired) electrons. The summed E-state index contributed by atoms with van der Waals surface area (Å²) < 4.78 is 0. The van der Waals surface area contributed by atoms with Crippen LogP contribution in [0.15, 0.2) is 60.7 Å². The number of amides is 5. The van der Waals surface area contributed by atoms with Crippen molar-refractivity contribution in [2.75, 3.05) is 28.6 Å². The Balaban J connectivity index is 1.29. The Bertz CT molecular complexity index is 1190. The lowest BCUT2D eigenvalue weighted by Crippen LogP contribution is -2.40. The van der Waals surface area contributed by atoms with Crippen LogP contribution in [-0.4, -0.2) is 41.6 Å². The normalized spacial score (nSPS) is 14.9. The molecule has 32 heavy (non-hydrogen) atoms. The van der Waals surface area contributed by atoms with Crippen LogP contribution in [-0.2, 0) is 4.79 Å². The largest absolute Gasteiger partial charge is 0.368 e. The monoisotopic (exact) mass is 432 g/mol. The van der Waals surface area contributed by atoms with Crippen molar-refractivity contribution in [3.8, 4) is 0 Å². The summed E-state index contributed by atoms with van der Waals surface area (Å²) in [4.78, 5) is 42.5. The highest BCUT2D eigenvalue weighted by molar-refractivity contribution is 6.23. The van der Waals surface area contributed by atoms with Crippen molar-refractivity contribution >= 4 is 46.1 Å². The number of urea groups is 2. The number of fused-ring (bicyclic) bond motifs is 1. The van der Waals surface area contributed by atoms with Crippen LogP contribution in [0.3, 0.4) is 0 Å². The Kier molecular flexibility index (Phi) is 5.63. The number of aromatic nitrogens is 1. The number of para-hydroxylation sites is 1. The van der Waals surface area contributed by atoms with Crippen molar-refractivity contribution in [1.82, 2.24) is 15.6 Å².